The molecular formula is C16H18N8. The van der Waals surface area contributed by atoms with E-state index in [1.54, 1.807) is 10.8 Å². The van der Waals surface area contributed by atoms with Gasteiger partial charge < -0.3 is 10.2 Å². The third-order valence-corrected chi connectivity index (χ3v) is 4.62. The third kappa shape index (κ3) is 2.53. The highest BCUT2D eigenvalue weighted by molar-refractivity contribution is 5.47. The van der Waals surface area contributed by atoms with Crippen LogP contribution in [-0.4, -0.2) is 49.4 Å². The minimum absolute atomic E-state index is 0.588. The van der Waals surface area contributed by atoms with Gasteiger partial charge in [-0.15, -0.1) is 15.3 Å². The molecule has 24 heavy (non-hydrogen) atoms. The van der Waals surface area contributed by atoms with Crippen molar-refractivity contribution in [3.05, 3.63) is 36.5 Å². The second kappa shape index (κ2) is 5.40. The summed E-state index contributed by atoms with van der Waals surface area (Å²) < 4.78 is 1.71. The summed E-state index contributed by atoms with van der Waals surface area (Å²) in [6.45, 7) is 2.91. The van der Waals surface area contributed by atoms with E-state index in [1.807, 2.05) is 24.4 Å². The third-order valence-electron chi connectivity index (χ3n) is 4.62. The van der Waals surface area contributed by atoms with Gasteiger partial charge in [0.15, 0.2) is 5.65 Å². The van der Waals surface area contributed by atoms with Crippen LogP contribution in [0.2, 0.25) is 0 Å². The maximum Gasteiger partial charge on any atom is 0.177 e. The van der Waals surface area contributed by atoms with Crippen molar-refractivity contribution in [3.8, 4) is 0 Å². The zero-order chi connectivity index (χ0) is 15.9. The van der Waals surface area contributed by atoms with Crippen LogP contribution in [0.1, 0.15) is 24.6 Å². The molecule has 1 aliphatic heterocycles. The van der Waals surface area contributed by atoms with E-state index in [4.69, 9.17) is 0 Å². The lowest BCUT2D eigenvalue weighted by Gasteiger charge is -2.40. The van der Waals surface area contributed by atoms with E-state index in [-0.39, 0.29) is 0 Å². The summed E-state index contributed by atoms with van der Waals surface area (Å²) in [6, 6.07) is 5.89. The molecule has 5 rings (SSSR count). The fourth-order valence-electron chi connectivity index (χ4n) is 3.03. The topological polar surface area (TPSA) is 84.1 Å². The Balaban J connectivity index is 1.17. The Labute approximate surface area is 138 Å². The Kier molecular flexibility index (Phi) is 3.07. The quantitative estimate of drug-likeness (QED) is 0.759. The first-order valence-corrected chi connectivity index (χ1v) is 8.34. The Morgan fingerprint density at radius 1 is 1.17 bits per heavy atom. The van der Waals surface area contributed by atoms with Gasteiger partial charge in [-0.1, -0.05) is 0 Å². The smallest absolute Gasteiger partial charge is 0.177 e. The van der Waals surface area contributed by atoms with Crippen molar-refractivity contribution >= 4 is 17.3 Å². The largest absolute Gasteiger partial charge is 0.370 e. The number of nitrogens with zero attached hydrogens (tertiary/aromatic N) is 7. The molecule has 1 N–H and O–H groups in total. The molecule has 3 aromatic rings. The fraction of sp³-hybridized carbons (Fsp3) is 0.438. The molecule has 0 spiro atoms. The van der Waals surface area contributed by atoms with Gasteiger partial charge in [0.2, 0.25) is 0 Å². The molecular weight excluding hydrogens is 304 g/mol. The molecule has 0 radical (unpaired) electrons. The molecule has 122 valence electrons. The number of hydrogen-bond donors (Lipinski definition) is 1. The van der Waals surface area contributed by atoms with Crippen LogP contribution in [0.5, 0.6) is 0 Å². The number of rotatable bonds is 5. The van der Waals surface area contributed by atoms with E-state index in [9.17, 15) is 0 Å². The Morgan fingerprint density at radius 3 is 2.96 bits per heavy atom. The second-order valence-corrected chi connectivity index (χ2v) is 6.55. The van der Waals surface area contributed by atoms with Crippen molar-refractivity contribution in [2.75, 3.05) is 29.9 Å². The van der Waals surface area contributed by atoms with Crippen molar-refractivity contribution < 1.29 is 0 Å². The highest BCUT2D eigenvalue weighted by Crippen LogP contribution is 2.38. The minimum Gasteiger partial charge on any atom is -0.370 e. The second-order valence-electron chi connectivity index (χ2n) is 6.55. The predicted octanol–water partition coefficient (Wildman–Crippen LogP) is 1.34. The lowest BCUT2D eigenvalue weighted by Crippen LogP contribution is -2.50. The van der Waals surface area contributed by atoms with Gasteiger partial charge in [-0.3, -0.25) is 0 Å². The van der Waals surface area contributed by atoms with E-state index in [1.165, 1.54) is 12.8 Å². The fourth-order valence-corrected chi connectivity index (χ4v) is 3.03. The van der Waals surface area contributed by atoms with E-state index in [0.717, 1.165) is 42.7 Å². The number of hydrogen-bond acceptors (Lipinski definition) is 7. The average molecular weight is 322 g/mol. The van der Waals surface area contributed by atoms with Gasteiger partial charge in [0, 0.05) is 37.7 Å². The lowest BCUT2D eigenvalue weighted by atomic mass is 10.0. The zero-order valence-electron chi connectivity index (χ0n) is 13.2. The Bertz CT molecular complexity index is 865. The van der Waals surface area contributed by atoms with Gasteiger partial charge in [0.05, 0.1) is 0 Å². The molecule has 0 aromatic carbocycles. The van der Waals surface area contributed by atoms with Crippen molar-refractivity contribution in [1.29, 1.82) is 0 Å². The average Bonchev–Trinajstić information content (AvgIpc) is 3.32. The van der Waals surface area contributed by atoms with Crippen LogP contribution in [0.25, 0.3) is 5.65 Å². The van der Waals surface area contributed by atoms with Crippen LogP contribution >= 0.6 is 0 Å². The lowest BCUT2D eigenvalue weighted by molar-refractivity contribution is 0.424. The molecule has 8 heteroatoms. The molecule has 1 saturated carbocycles. The summed E-state index contributed by atoms with van der Waals surface area (Å²) >= 11 is 0. The van der Waals surface area contributed by atoms with Gasteiger partial charge in [-0.25, -0.2) is 9.97 Å². The van der Waals surface area contributed by atoms with E-state index < -0.39 is 0 Å². The van der Waals surface area contributed by atoms with E-state index >= 15 is 0 Å². The zero-order valence-corrected chi connectivity index (χ0v) is 13.2. The molecule has 2 aliphatic rings. The van der Waals surface area contributed by atoms with Crippen LogP contribution in [-0.2, 0) is 0 Å². The SMILES string of the molecule is c1cc(NCC2CN(c3ccc4nncn4n3)C2)nc(C2CC2)n1. The molecule has 1 aliphatic carbocycles. The number of anilines is 2. The maximum absolute atomic E-state index is 4.61. The van der Waals surface area contributed by atoms with Crippen LogP contribution in [0, 0.1) is 5.92 Å². The highest BCUT2D eigenvalue weighted by atomic mass is 15.4. The number of aromatic nitrogens is 6. The van der Waals surface area contributed by atoms with Crippen LogP contribution in [0.3, 0.4) is 0 Å². The molecule has 4 heterocycles. The first-order chi connectivity index (χ1) is 11.8. The molecule has 1 saturated heterocycles. The van der Waals surface area contributed by atoms with Crippen LogP contribution < -0.4 is 10.2 Å². The molecule has 8 nitrogen and oxygen atoms in total. The molecule has 3 aromatic heterocycles. The van der Waals surface area contributed by atoms with Crippen LogP contribution in [0.4, 0.5) is 11.6 Å². The van der Waals surface area contributed by atoms with Crippen molar-refractivity contribution in [3.63, 3.8) is 0 Å². The van der Waals surface area contributed by atoms with Crippen molar-refractivity contribution in [1.82, 2.24) is 29.8 Å². The monoisotopic (exact) mass is 322 g/mol. The summed E-state index contributed by atoms with van der Waals surface area (Å²) in [7, 11) is 0. The van der Waals surface area contributed by atoms with Gasteiger partial charge in [0.1, 0.15) is 23.8 Å². The number of nitrogens with one attached hydrogen (secondary N) is 1. The first-order valence-electron chi connectivity index (χ1n) is 8.34. The van der Waals surface area contributed by atoms with E-state index in [0.29, 0.717) is 11.8 Å². The Hall–Kier alpha value is -2.77. The summed E-state index contributed by atoms with van der Waals surface area (Å²) in [6.07, 6.45) is 5.94. The maximum atomic E-state index is 4.61. The number of fused-ring (bicyclic) bond motifs is 1. The highest BCUT2D eigenvalue weighted by Gasteiger charge is 2.29. The molecule has 0 unspecified atom stereocenters. The van der Waals surface area contributed by atoms with Gasteiger partial charge in [-0.2, -0.15) is 4.52 Å². The molecule has 0 atom stereocenters. The van der Waals surface area contributed by atoms with Gasteiger partial charge >= 0.3 is 0 Å². The van der Waals surface area contributed by atoms with Gasteiger partial charge in [-0.05, 0) is 31.0 Å². The standard InChI is InChI=1S/C16H18N8/c1-2-12(1)16-17-6-5-13(20-16)18-7-11-8-23(9-11)15-4-3-14-21-19-10-24(14)22-15/h3-6,10-12H,1-2,7-9H2,(H,17,18,20). The van der Waals surface area contributed by atoms with Crippen molar-refractivity contribution in [2.24, 2.45) is 5.92 Å². The van der Waals surface area contributed by atoms with Crippen LogP contribution in [0.15, 0.2) is 30.7 Å². The summed E-state index contributed by atoms with van der Waals surface area (Å²) in [5.41, 5.74) is 0.771. The molecule has 0 bridgehead atoms. The first kappa shape index (κ1) is 13.6. The summed E-state index contributed by atoms with van der Waals surface area (Å²) in [5.74, 6) is 4.08. The normalized spacial score (nSPS) is 17.9. The summed E-state index contributed by atoms with van der Waals surface area (Å²) in [5, 5.41) is 15.8. The van der Waals surface area contributed by atoms with Gasteiger partial charge in [0.25, 0.3) is 0 Å². The van der Waals surface area contributed by atoms with E-state index in [2.05, 4.69) is 35.5 Å². The summed E-state index contributed by atoms with van der Waals surface area (Å²) in [4.78, 5) is 11.2. The molecule has 2 fully saturated rings. The molecule has 0 amide bonds. The Morgan fingerprint density at radius 2 is 2.08 bits per heavy atom. The van der Waals surface area contributed by atoms with Crippen molar-refractivity contribution in [2.45, 2.75) is 18.8 Å². The minimum atomic E-state index is 0.588. The predicted molar refractivity (Wildman–Crippen MR) is 89.0 cm³/mol.